The van der Waals surface area contributed by atoms with Crippen LogP contribution >= 0.6 is 50.9 Å². The fourth-order valence-electron chi connectivity index (χ4n) is 3.52. The molecule has 0 atom stereocenters. The third kappa shape index (κ3) is 4.48. The van der Waals surface area contributed by atoms with E-state index in [9.17, 15) is 9.59 Å². The predicted molar refractivity (Wildman–Crippen MR) is 131 cm³/mol. The van der Waals surface area contributed by atoms with Crippen molar-refractivity contribution in [1.29, 1.82) is 0 Å². The highest BCUT2D eigenvalue weighted by Gasteiger charge is 2.35. The van der Waals surface area contributed by atoms with Gasteiger partial charge < -0.3 is 4.57 Å². The van der Waals surface area contributed by atoms with Crippen LogP contribution in [0.15, 0.2) is 57.9 Å². The molecule has 3 aromatic rings. The Morgan fingerprint density at radius 3 is 2.42 bits per heavy atom. The third-order valence-corrected chi connectivity index (χ3v) is 7.08. The molecule has 4 rings (SSSR count). The van der Waals surface area contributed by atoms with E-state index in [1.165, 1.54) is 4.90 Å². The number of carbonyl (C=O) groups is 2. The van der Waals surface area contributed by atoms with Crippen LogP contribution in [-0.4, -0.2) is 20.6 Å². The van der Waals surface area contributed by atoms with E-state index in [4.69, 9.17) is 23.2 Å². The van der Waals surface area contributed by atoms with E-state index in [0.717, 1.165) is 38.9 Å². The van der Waals surface area contributed by atoms with Gasteiger partial charge in [-0.2, -0.15) is 0 Å². The molecule has 1 saturated heterocycles. The minimum atomic E-state index is -0.325. The minimum Gasteiger partial charge on any atom is -0.318 e. The Kier molecular flexibility index (Phi) is 6.35. The SMILES string of the molecule is Cc1cc(/C=C2\SC(=O)N(Cc3ccc(Cl)cc3Cl)C2=O)c(C)n1-c1ccc(Br)cc1. The van der Waals surface area contributed by atoms with Crippen LogP contribution in [0.25, 0.3) is 11.8 Å². The molecule has 0 N–H and O–H groups in total. The first-order valence-electron chi connectivity index (χ1n) is 9.39. The first-order chi connectivity index (χ1) is 14.7. The van der Waals surface area contributed by atoms with Crippen LogP contribution in [0.5, 0.6) is 0 Å². The lowest BCUT2D eigenvalue weighted by atomic mass is 10.2. The summed E-state index contributed by atoms with van der Waals surface area (Å²) in [7, 11) is 0. The Bertz CT molecular complexity index is 1240. The summed E-state index contributed by atoms with van der Waals surface area (Å²) in [5.74, 6) is -0.325. The van der Waals surface area contributed by atoms with Gasteiger partial charge in [0.1, 0.15) is 0 Å². The van der Waals surface area contributed by atoms with Crippen molar-refractivity contribution in [3.63, 3.8) is 0 Å². The molecule has 2 amide bonds. The topological polar surface area (TPSA) is 42.3 Å². The number of aromatic nitrogens is 1. The number of imide groups is 1. The van der Waals surface area contributed by atoms with Crippen LogP contribution < -0.4 is 0 Å². The highest BCUT2D eigenvalue weighted by Crippen LogP contribution is 2.35. The average molecular weight is 536 g/mol. The third-order valence-electron chi connectivity index (χ3n) is 5.06. The number of halogens is 3. The van der Waals surface area contributed by atoms with Gasteiger partial charge in [0.05, 0.1) is 11.4 Å². The Morgan fingerprint density at radius 2 is 1.74 bits per heavy atom. The van der Waals surface area contributed by atoms with E-state index >= 15 is 0 Å². The second-order valence-corrected chi connectivity index (χ2v) is 9.89. The van der Waals surface area contributed by atoms with Crippen molar-refractivity contribution in [3.05, 3.63) is 90.5 Å². The second kappa shape index (κ2) is 8.87. The largest absolute Gasteiger partial charge is 0.318 e. The molecular weight excluding hydrogens is 519 g/mol. The van der Waals surface area contributed by atoms with Crippen LogP contribution in [-0.2, 0) is 11.3 Å². The molecule has 1 fully saturated rings. The summed E-state index contributed by atoms with van der Waals surface area (Å²) < 4.78 is 3.13. The van der Waals surface area contributed by atoms with E-state index in [0.29, 0.717) is 20.5 Å². The van der Waals surface area contributed by atoms with Crippen LogP contribution in [0, 0.1) is 13.8 Å². The Morgan fingerprint density at radius 1 is 1.03 bits per heavy atom. The van der Waals surface area contributed by atoms with Gasteiger partial charge in [-0.1, -0.05) is 45.2 Å². The number of hydrogen-bond donors (Lipinski definition) is 0. The van der Waals surface area contributed by atoms with Gasteiger partial charge >= 0.3 is 0 Å². The van der Waals surface area contributed by atoms with Crippen molar-refractivity contribution in [1.82, 2.24) is 9.47 Å². The molecule has 4 nitrogen and oxygen atoms in total. The van der Waals surface area contributed by atoms with Crippen molar-refractivity contribution in [2.24, 2.45) is 0 Å². The summed E-state index contributed by atoms with van der Waals surface area (Å²) in [6, 6.07) is 15.1. The lowest BCUT2D eigenvalue weighted by Gasteiger charge is -2.13. The summed E-state index contributed by atoms with van der Waals surface area (Å²) in [5.41, 5.74) is 4.63. The Labute approximate surface area is 203 Å². The first kappa shape index (κ1) is 22.2. The average Bonchev–Trinajstić information content (AvgIpc) is 3.14. The highest BCUT2D eigenvalue weighted by molar-refractivity contribution is 9.10. The van der Waals surface area contributed by atoms with Gasteiger partial charge in [-0.05, 0) is 85.3 Å². The molecule has 0 saturated carbocycles. The quantitative estimate of drug-likeness (QED) is 0.327. The maximum absolute atomic E-state index is 12.9. The van der Waals surface area contributed by atoms with E-state index in [2.05, 4.69) is 20.5 Å². The van der Waals surface area contributed by atoms with Gasteiger partial charge in [0.15, 0.2) is 0 Å². The molecule has 31 heavy (non-hydrogen) atoms. The van der Waals surface area contributed by atoms with Crippen molar-refractivity contribution < 1.29 is 9.59 Å². The summed E-state index contributed by atoms with van der Waals surface area (Å²) in [6.07, 6.45) is 1.78. The number of thioether (sulfide) groups is 1. The lowest BCUT2D eigenvalue weighted by Crippen LogP contribution is -2.27. The minimum absolute atomic E-state index is 0.107. The van der Waals surface area contributed by atoms with Crippen LogP contribution in [0.1, 0.15) is 22.5 Å². The van der Waals surface area contributed by atoms with Gasteiger partial charge in [-0.3, -0.25) is 14.5 Å². The van der Waals surface area contributed by atoms with Gasteiger partial charge in [-0.15, -0.1) is 0 Å². The molecule has 0 radical (unpaired) electrons. The fourth-order valence-corrected chi connectivity index (χ4v) is 5.08. The van der Waals surface area contributed by atoms with Crippen LogP contribution in [0.4, 0.5) is 4.79 Å². The predicted octanol–water partition coefficient (Wildman–Crippen LogP) is 7.40. The zero-order valence-electron chi connectivity index (χ0n) is 16.7. The van der Waals surface area contributed by atoms with E-state index in [1.807, 2.05) is 44.2 Å². The number of amides is 2. The monoisotopic (exact) mass is 534 g/mol. The van der Waals surface area contributed by atoms with Crippen LogP contribution in [0.3, 0.4) is 0 Å². The fraction of sp³-hybridized carbons (Fsp3) is 0.130. The zero-order chi connectivity index (χ0) is 22.3. The van der Waals surface area contributed by atoms with E-state index in [-0.39, 0.29) is 17.7 Å². The molecule has 0 aliphatic carbocycles. The number of benzene rings is 2. The first-order valence-corrected chi connectivity index (χ1v) is 11.8. The second-order valence-electron chi connectivity index (χ2n) is 7.14. The lowest BCUT2D eigenvalue weighted by molar-refractivity contribution is -0.123. The molecular formula is C23H17BrCl2N2O2S. The number of rotatable bonds is 4. The van der Waals surface area contributed by atoms with E-state index < -0.39 is 0 Å². The van der Waals surface area contributed by atoms with Gasteiger partial charge in [0, 0.05) is 31.6 Å². The molecule has 1 aliphatic heterocycles. The van der Waals surface area contributed by atoms with Crippen LogP contribution in [0.2, 0.25) is 10.0 Å². The summed E-state index contributed by atoms with van der Waals surface area (Å²) in [5, 5.41) is 0.612. The normalized spacial score (nSPS) is 15.4. The van der Waals surface area contributed by atoms with Crippen molar-refractivity contribution in [2.75, 3.05) is 0 Å². The molecule has 2 heterocycles. The zero-order valence-corrected chi connectivity index (χ0v) is 20.6. The number of carbonyl (C=O) groups excluding carboxylic acids is 2. The number of nitrogens with zero attached hydrogens (tertiary/aromatic N) is 2. The van der Waals surface area contributed by atoms with Gasteiger partial charge in [0.25, 0.3) is 11.1 Å². The Hall–Kier alpha value is -1.99. The maximum Gasteiger partial charge on any atom is 0.293 e. The van der Waals surface area contributed by atoms with E-state index in [1.54, 1.807) is 24.3 Å². The molecule has 8 heteroatoms. The van der Waals surface area contributed by atoms with Crippen molar-refractivity contribution in [3.8, 4) is 5.69 Å². The molecule has 0 spiro atoms. The van der Waals surface area contributed by atoms with Gasteiger partial charge in [0.2, 0.25) is 0 Å². The molecule has 2 aromatic carbocycles. The highest BCUT2D eigenvalue weighted by atomic mass is 79.9. The van der Waals surface area contributed by atoms with Crippen molar-refractivity contribution >= 4 is 68.1 Å². The molecule has 158 valence electrons. The molecule has 1 aliphatic rings. The smallest absolute Gasteiger partial charge is 0.293 e. The summed E-state index contributed by atoms with van der Waals surface area (Å²) >= 11 is 16.6. The standard InChI is InChI=1S/C23H17BrCl2N2O2S/c1-13-9-16(14(2)28(13)19-7-4-17(24)5-8-19)10-21-22(29)27(23(30)31-21)12-15-3-6-18(25)11-20(15)26/h3-11H,12H2,1-2H3/b21-10-. The number of hydrogen-bond acceptors (Lipinski definition) is 3. The molecule has 1 aromatic heterocycles. The summed E-state index contributed by atoms with van der Waals surface area (Å²) in [4.78, 5) is 27.1. The maximum atomic E-state index is 12.9. The molecule has 0 bridgehead atoms. The van der Waals surface area contributed by atoms with Crippen molar-refractivity contribution in [2.45, 2.75) is 20.4 Å². The number of aryl methyl sites for hydroxylation is 1. The molecule has 0 unspecified atom stereocenters. The van der Waals surface area contributed by atoms with Gasteiger partial charge in [-0.25, -0.2) is 0 Å². The Balaban J connectivity index is 1.62. The summed E-state index contributed by atoms with van der Waals surface area (Å²) in [6.45, 7) is 4.12.